The average molecular weight is 465 g/mol. The van der Waals surface area contributed by atoms with Crippen LogP contribution in [-0.4, -0.2) is 42.1 Å². The van der Waals surface area contributed by atoms with Gasteiger partial charge in [0.1, 0.15) is 5.82 Å². The molecular weight excluding hydrogens is 443 g/mol. The Labute approximate surface area is 195 Å². The molecule has 7 nitrogen and oxygen atoms in total. The van der Waals surface area contributed by atoms with Crippen molar-refractivity contribution in [2.24, 2.45) is 7.05 Å². The second-order valence-corrected chi connectivity index (χ2v) is 8.54. The third-order valence-electron chi connectivity index (χ3n) is 6.05. The molecule has 0 spiro atoms. The highest BCUT2D eigenvalue weighted by Crippen LogP contribution is 2.34. The molecule has 168 valence electrons. The number of rotatable bonds is 4. The quantitative estimate of drug-likeness (QED) is 0.455. The Morgan fingerprint density at radius 3 is 2.79 bits per heavy atom. The van der Waals surface area contributed by atoms with E-state index in [1.807, 2.05) is 44.6 Å². The van der Waals surface area contributed by atoms with Gasteiger partial charge in [-0.05, 0) is 41.3 Å². The van der Waals surface area contributed by atoms with Gasteiger partial charge in [0.25, 0.3) is 5.91 Å². The number of aryl methyl sites for hydroxylation is 1. The van der Waals surface area contributed by atoms with E-state index >= 15 is 0 Å². The molecule has 1 amide bonds. The first kappa shape index (κ1) is 21.3. The highest BCUT2D eigenvalue weighted by molar-refractivity contribution is 6.32. The molecule has 0 bridgehead atoms. The maximum atomic E-state index is 13.7. The van der Waals surface area contributed by atoms with Crippen LogP contribution in [0.15, 0.2) is 54.9 Å². The number of fused-ring (bicyclic) bond motifs is 1. The monoisotopic (exact) mass is 464 g/mol. The molecule has 0 radical (unpaired) electrons. The Morgan fingerprint density at radius 2 is 2.06 bits per heavy atom. The van der Waals surface area contributed by atoms with Crippen molar-refractivity contribution in [3.8, 4) is 5.69 Å². The lowest BCUT2D eigenvalue weighted by Gasteiger charge is -2.34. The number of carbonyl (C=O) groups is 1. The number of amides is 1. The van der Waals surface area contributed by atoms with Crippen molar-refractivity contribution in [2.75, 3.05) is 6.54 Å². The van der Waals surface area contributed by atoms with Gasteiger partial charge in [0.2, 0.25) is 0 Å². The van der Waals surface area contributed by atoms with Gasteiger partial charge in [-0.2, -0.15) is 5.10 Å². The molecule has 1 aliphatic rings. The van der Waals surface area contributed by atoms with Crippen molar-refractivity contribution in [1.82, 2.24) is 29.7 Å². The highest BCUT2D eigenvalue weighted by atomic mass is 35.5. The van der Waals surface area contributed by atoms with E-state index in [1.54, 1.807) is 9.58 Å². The summed E-state index contributed by atoms with van der Waals surface area (Å²) in [7, 11) is 1.88. The highest BCUT2D eigenvalue weighted by Gasteiger charge is 2.33. The van der Waals surface area contributed by atoms with E-state index in [2.05, 4.69) is 21.5 Å². The van der Waals surface area contributed by atoms with Crippen LogP contribution < -0.4 is 0 Å². The fraction of sp³-hybridized carbons (Fsp3) is 0.250. The third-order valence-corrected chi connectivity index (χ3v) is 6.35. The summed E-state index contributed by atoms with van der Waals surface area (Å²) in [5.41, 5.74) is 4.75. The minimum atomic E-state index is -0.438. The molecule has 4 aromatic rings. The van der Waals surface area contributed by atoms with Gasteiger partial charge in [-0.1, -0.05) is 48.0 Å². The van der Waals surface area contributed by atoms with Crippen molar-refractivity contribution < 1.29 is 9.18 Å². The Balaban J connectivity index is 1.52. The van der Waals surface area contributed by atoms with Gasteiger partial charge in [0.15, 0.2) is 5.69 Å². The van der Waals surface area contributed by atoms with Gasteiger partial charge in [-0.25, -0.2) is 9.07 Å². The van der Waals surface area contributed by atoms with Gasteiger partial charge in [0.05, 0.1) is 22.6 Å². The van der Waals surface area contributed by atoms with Gasteiger partial charge >= 0.3 is 0 Å². The number of benzene rings is 2. The molecule has 2 aromatic carbocycles. The van der Waals surface area contributed by atoms with Crippen molar-refractivity contribution in [2.45, 2.75) is 25.8 Å². The van der Waals surface area contributed by atoms with Crippen LogP contribution in [0, 0.1) is 5.82 Å². The molecule has 0 fully saturated rings. The zero-order chi connectivity index (χ0) is 23.1. The molecule has 5 rings (SSSR count). The second-order valence-electron chi connectivity index (χ2n) is 8.13. The second kappa shape index (κ2) is 8.44. The van der Waals surface area contributed by atoms with Crippen molar-refractivity contribution in [1.29, 1.82) is 0 Å². The molecule has 1 atom stereocenters. The number of halogens is 2. The maximum absolute atomic E-state index is 13.7. The minimum absolute atomic E-state index is 0.0132. The summed E-state index contributed by atoms with van der Waals surface area (Å²) in [6.45, 7) is 2.92. The standard InChI is InChI=1S/C24H22ClFN6O/c1-3-21-23(28-29-32(21)22-9-8-17(26)10-20(22)25)24(33)31-13-15-6-4-5-7-18(15)19(14-31)16-11-27-30(2)12-16/h4-12,19H,3,13-14H2,1-2H3. The normalized spacial score (nSPS) is 15.5. The first-order chi connectivity index (χ1) is 16.0. The van der Waals surface area contributed by atoms with Crippen LogP contribution in [0.25, 0.3) is 5.69 Å². The van der Waals surface area contributed by atoms with E-state index in [9.17, 15) is 9.18 Å². The van der Waals surface area contributed by atoms with Crippen molar-refractivity contribution in [3.05, 3.63) is 93.8 Å². The lowest BCUT2D eigenvalue weighted by molar-refractivity contribution is 0.0717. The molecule has 0 saturated heterocycles. The van der Waals surface area contributed by atoms with E-state index in [0.29, 0.717) is 30.9 Å². The van der Waals surface area contributed by atoms with E-state index < -0.39 is 5.82 Å². The molecular formula is C24H22ClFN6O. The third kappa shape index (κ3) is 3.80. The first-order valence-corrected chi connectivity index (χ1v) is 11.1. The number of nitrogens with zero attached hydrogens (tertiary/aromatic N) is 6. The molecule has 1 unspecified atom stereocenters. The van der Waals surface area contributed by atoms with Crippen LogP contribution >= 0.6 is 11.6 Å². The van der Waals surface area contributed by atoms with Gasteiger partial charge < -0.3 is 4.90 Å². The Morgan fingerprint density at radius 1 is 1.24 bits per heavy atom. The van der Waals surface area contributed by atoms with Crippen LogP contribution in [0.1, 0.15) is 45.7 Å². The Hall–Kier alpha value is -3.52. The fourth-order valence-electron chi connectivity index (χ4n) is 4.45. The van der Waals surface area contributed by atoms with E-state index in [1.165, 1.54) is 28.4 Å². The first-order valence-electron chi connectivity index (χ1n) is 10.7. The van der Waals surface area contributed by atoms with Crippen molar-refractivity contribution >= 4 is 17.5 Å². The Kier molecular flexibility index (Phi) is 5.46. The molecule has 1 aliphatic heterocycles. The largest absolute Gasteiger partial charge is 0.332 e. The molecule has 2 aromatic heterocycles. The van der Waals surface area contributed by atoms with Gasteiger partial charge in [-0.3, -0.25) is 9.48 Å². The summed E-state index contributed by atoms with van der Waals surface area (Å²) in [6, 6.07) is 12.2. The van der Waals surface area contributed by atoms with Gasteiger partial charge in [0, 0.05) is 32.3 Å². The van der Waals surface area contributed by atoms with Crippen LogP contribution in [-0.2, 0) is 20.0 Å². The number of hydrogen-bond acceptors (Lipinski definition) is 4. The molecule has 0 saturated carbocycles. The zero-order valence-corrected chi connectivity index (χ0v) is 19.0. The smallest absolute Gasteiger partial charge is 0.276 e. The van der Waals surface area contributed by atoms with E-state index in [0.717, 1.165) is 11.1 Å². The number of carbonyl (C=O) groups excluding carboxylic acids is 1. The molecule has 0 N–H and O–H groups in total. The predicted octanol–water partition coefficient (Wildman–Crippen LogP) is 4.14. The SMILES string of the molecule is CCc1c(C(=O)N2Cc3ccccc3C(c3cnn(C)c3)C2)nnn1-c1ccc(F)cc1Cl. The maximum Gasteiger partial charge on any atom is 0.276 e. The van der Waals surface area contributed by atoms with Crippen LogP contribution in [0.2, 0.25) is 5.02 Å². The van der Waals surface area contributed by atoms with Crippen LogP contribution in [0.3, 0.4) is 0 Å². The summed E-state index contributed by atoms with van der Waals surface area (Å²) in [4.78, 5) is 15.5. The average Bonchev–Trinajstić information content (AvgIpc) is 3.44. The van der Waals surface area contributed by atoms with Crippen LogP contribution in [0.4, 0.5) is 4.39 Å². The Bertz CT molecular complexity index is 1350. The summed E-state index contributed by atoms with van der Waals surface area (Å²) in [6.07, 6.45) is 4.34. The number of hydrogen-bond donors (Lipinski definition) is 0. The molecule has 33 heavy (non-hydrogen) atoms. The van der Waals surface area contributed by atoms with Crippen LogP contribution in [0.5, 0.6) is 0 Å². The minimum Gasteiger partial charge on any atom is -0.332 e. The summed E-state index contributed by atoms with van der Waals surface area (Å²) in [5, 5.41) is 12.9. The van der Waals surface area contributed by atoms with E-state index in [4.69, 9.17) is 11.6 Å². The molecule has 0 aliphatic carbocycles. The van der Waals surface area contributed by atoms with E-state index in [-0.39, 0.29) is 22.5 Å². The lowest BCUT2D eigenvalue weighted by atomic mass is 9.86. The van der Waals surface area contributed by atoms with Gasteiger partial charge in [-0.15, -0.1) is 5.10 Å². The summed E-state index contributed by atoms with van der Waals surface area (Å²) >= 11 is 6.24. The predicted molar refractivity (Wildman–Crippen MR) is 122 cm³/mol. The zero-order valence-electron chi connectivity index (χ0n) is 18.2. The molecule has 9 heteroatoms. The summed E-state index contributed by atoms with van der Waals surface area (Å²) in [5.74, 6) is -0.620. The van der Waals surface area contributed by atoms with Crippen molar-refractivity contribution in [3.63, 3.8) is 0 Å². The fourth-order valence-corrected chi connectivity index (χ4v) is 4.70. The topological polar surface area (TPSA) is 68.8 Å². The lowest BCUT2D eigenvalue weighted by Crippen LogP contribution is -2.39. The summed E-state index contributed by atoms with van der Waals surface area (Å²) < 4.78 is 16.8. The number of aromatic nitrogens is 5. The molecule has 3 heterocycles.